The van der Waals surface area contributed by atoms with Crippen LogP contribution in [0.25, 0.3) is 0 Å². The zero-order chi connectivity index (χ0) is 8.97. The summed E-state index contributed by atoms with van der Waals surface area (Å²) in [7, 11) is 0. The first-order valence-electron chi connectivity index (χ1n) is 3.59. The van der Waals surface area contributed by atoms with E-state index in [-0.39, 0.29) is 10.6 Å². The maximum atomic E-state index is 10.5. The first-order chi connectivity index (χ1) is 5.75. The molecule has 1 aromatic rings. The Morgan fingerprint density at radius 1 is 1.50 bits per heavy atom. The Kier molecular flexibility index (Phi) is 2.58. The van der Waals surface area contributed by atoms with Crippen molar-refractivity contribution in [3.8, 4) is 0 Å². The molecular weight excluding hydrogens is 154 g/mol. The number of rotatable bonds is 3. The van der Waals surface area contributed by atoms with E-state index >= 15 is 0 Å². The number of allylic oxidation sites excluding steroid dienone is 1. The van der Waals surface area contributed by atoms with Crippen molar-refractivity contribution in [2.45, 2.75) is 6.42 Å². The standard InChI is InChI=1S/C9H9NO2/c1-2-5-8-6-3-4-7-9(8)10(11)12/h2-4,6-7H,1,5H2. The van der Waals surface area contributed by atoms with Crippen molar-refractivity contribution >= 4 is 5.69 Å². The molecule has 1 aromatic carbocycles. The Morgan fingerprint density at radius 3 is 2.75 bits per heavy atom. The lowest BCUT2D eigenvalue weighted by molar-refractivity contribution is -0.385. The van der Waals surface area contributed by atoms with Gasteiger partial charge in [-0.3, -0.25) is 10.1 Å². The molecule has 12 heavy (non-hydrogen) atoms. The van der Waals surface area contributed by atoms with E-state index < -0.39 is 0 Å². The van der Waals surface area contributed by atoms with Gasteiger partial charge in [0.25, 0.3) is 5.69 Å². The second-order valence-corrected chi connectivity index (χ2v) is 2.38. The first-order valence-corrected chi connectivity index (χ1v) is 3.59. The lowest BCUT2D eigenvalue weighted by atomic mass is 10.1. The summed E-state index contributed by atoms with van der Waals surface area (Å²) in [6.45, 7) is 3.53. The highest BCUT2D eigenvalue weighted by molar-refractivity contribution is 5.40. The second-order valence-electron chi connectivity index (χ2n) is 2.38. The lowest BCUT2D eigenvalue weighted by Gasteiger charge is -1.97. The van der Waals surface area contributed by atoms with Gasteiger partial charge in [0, 0.05) is 11.6 Å². The first kappa shape index (κ1) is 8.46. The summed E-state index contributed by atoms with van der Waals surface area (Å²) in [6.07, 6.45) is 2.19. The van der Waals surface area contributed by atoms with Crippen molar-refractivity contribution in [1.82, 2.24) is 0 Å². The van der Waals surface area contributed by atoms with Crippen LogP contribution in [0.3, 0.4) is 0 Å². The Morgan fingerprint density at radius 2 is 2.17 bits per heavy atom. The zero-order valence-electron chi connectivity index (χ0n) is 6.56. The van der Waals surface area contributed by atoms with Gasteiger partial charge in [0.2, 0.25) is 0 Å². The third-order valence-electron chi connectivity index (χ3n) is 1.55. The van der Waals surface area contributed by atoms with Crippen molar-refractivity contribution in [1.29, 1.82) is 0 Å². The summed E-state index contributed by atoms with van der Waals surface area (Å²) >= 11 is 0. The van der Waals surface area contributed by atoms with Gasteiger partial charge in [0.15, 0.2) is 0 Å². The van der Waals surface area contributed by atoms with E-state index in [0.717, 1.165) is 0 Å². The summed E-state index contributed by atoms with van der Waals surface area (Å²) in [5, 5.41) is 10.5. The fraction of sp³-hybridized carbons (Fsp3) is 0.111. The van der Waals surface area contributed by atoms with E-state index in [4.69, 9.17) is 0 Å². The Hall–Kier alpha value is -1.64. The van der Waals surface area contributed by atoms with Crippen LogP contribution in [0.4, 0.5) is 5.69 Å². The predicted molar refractivity (Wildman–Crippen MR) is 47.0 cm³/mol. The van der Waals surface area contributed by atoms with Gasteiger partial charge in [-0.25, -0.2) is 0 Å². The number of benzene rings is 1. The monoisotopic (exact) mass is 163 g/mol. The van der Waals surface area contributed by atoms with Crippen LogP contribution in [0.15, 0.2) is 36.9 Å². The van der Waals surface area contributed by atoms with Gasteiger partial charge in [-0.2, -0.15) is 0 Å². The minimum atomic E-state index is -0.376. The minimum absolute atomic E-state index is 0.164. The van der Waals surface area contributed by atoms with Crippen molar-refractivity contribution in [3.63, 3.8) is 0 Å². The molecule has 0 aliphatic carbocycles. The van der Waals surface area contributed by atoms with E-state index in [1.165, 1.54) is 6.07 Å². The van der Waals surface area contributed by atoms with Crippen LogP contribution in [0.1, 0.15) is 5.56 Å². The average molecular weight is 163 g/mol. The van der Waals surface area contributed by atoms with Gasteiger partial charge in [-0.15, -0.1) is 6.58 Å². The molecule has 0 aromatic heterocycles. The quantitative estimate of drug-likeness (QED) is 0.390. The summed E-state index contributed by atoms with van der Waals surface area (Å²) in [4.78, 5) is 10.1. The van der Waals surface area contributed by atoms with E-state index in [1.807, 2.05) is 0 Å². The van der Waals surface area contributed by atoms with E-state index in [2.05, 4.69) is 6.58 Å². The number of hydrogen-bond acceptors (Lipinski definition) is 2. The van der Waals surface area contributed by atoms with Gasteiger partial charge in [0.1, 0.15) is 0 Å². The smallest absolute Gasteiger partial charge is 0.258 e. The molecule has 1 rings (SSSR count). The molecule has 0 amide bonds. The van der Waals surface area contributed by atoms with Crippen molar-refractivity contribution in [2.75, 3.05) is 0 Å². The molecule has 0 fully saturated rings. The normalized spacial score (nSPS) is 9.33. The molecule has 0 N–H and O–H groups in total. The lowest BCUT2D eigenvalue weighted by Crippen LogP contribution is -1.93. The molecule has 0 bridgehead atoms. The number of nitro groups is 1. The molecule has 0 aliphatic heterocycles. The highest BCUT2D eigenvalue weighted by atomic mass is 16.6. The molecule has 3 heteroatoms. The van der Waals surface area contributed by atoms with Crippen molar-refractivity contribution in [3.05, 3.63) is 52.6 Å². The Balaban J connectivity index is 3.07. The van der Waals surface area contributed by atoms with Gasteiger partial charge < -0.3 is 0 Å². The maximum absolute atomic E-state index is 10.5. The molecule has 0 aliphatic rings. The number of nitro benzene ring substituents is 1. The molecule has 0 unspecified atom stereocenters. The van der Waals surface area contributed by atoms with Gasteiger partial charge in [0.05, 0.1) is 4.92 Å². The molecule has 0 heterocycles. The number of para-hydroxylation sites is 1. The van der Waals surface area contributed by atoms with E-state index in [0.29, 0.717) is 12.0 Å². The van der Waals surface area contributed by atoms with E-state index in [1.54, 1.807) is 24.3 Å². The van der Waals surface area contributed by atoms with E-state index in [9.17, 15) is 10.1 Å². The molecule has 0 saturated carbocycles. The topological polar surface area (TPSA) is 43.1 Å². The number of nitrogens with zero attached hydrogens (tertiary/aromatic N) is 1. The Labute approximate surface area is 70.5 Å². The fourth-order valence-corrected chi connectivity index (χ4v) is 1.02. The van der Waals surface area contributed by atoms with Gasteiger partial charge in [-0.05, 0) is 6.42 Å². The summed E-state index contributed by atoms with van der Waals surface area (Å²) in [5.41, 5.74) is 0.870. The highest BCUT2D eigenvalue weighted by Gasteiger charge is 2.09. The third-order valence-corrected chi connectivity index (χ3v) is 1.55. The second kappa shape index (κ2) is 3.67. The molecular formula is C9H9NO2. The molecule has 0 spiro atoms. The molecule has 3 nitrogen and oxygen atoms in total. The zero-order valence-corrected chi connectivity index (χ0v) is 6.56. The maximum Gasteiger partial charge on any atom is 0.272 e. The summed E-state index contributed by atoms with van der Waals surface area (Å²) < 4.78 is 0. The minimum Gasteiger partial charge on any atom is -0.258 e. The average Bonchev–Trinajstić information content (AvgIpc) is 2.05. The van der Waals surface area contributed by atoms with Gasteiger partial charge >= 0.3 is 0 Å². The SMILES string of the molecule is C=CCc1ccccc1[N+](=O)[O-]. The fourth-order valence-electron chi connectivity index (χ4n) is 1.02. The Bertz CT molecular complexity index is 307. The van der Waals surface area contributed by atoms with Crippen LogP contribution in [0, 0.1) is 10.1 Å². The van der Waals surface area contributed by atoms with Crippen LogP contribution in [-0.4, -0.2) is 4.92 Å². The van der Waals surface area contributed by atoms with Gasteiger partial charge in [-0.1, -0.05) is 24.3 Å². The van der Waals surface area contributed by atoms with Crippen LogP contribution in [0.5, 0.6) is 0 Å². The van der Waals surface area contributed by atoms with Crippen molar-refractivity contribution < 1.29 is 4.92 Å². The molecule has 62 valence electrons. The van der Waals surface area contributed by atoms with Crippen molar-refractivity contribution in [2.24, 2.45) is 0 Å². The van der Waals surface area contributed by atoms with Crippen LogP contribution in [-0.2, 0) is 6.42 Å². The molecule has 0 radical (unpaired) electrons. The molecule has 0 saturated heterocycles. The summed E-state index contributed by atoms with van der Waals surface area (Å²) in [6, 6.07) is 6.68. The van der Waals surface area contributed by atoms with Crippen LogP contribution >= 0.6 is 0 Å². The number of hydrogen-bond donors (Lipinski definition) is 0. The molecule has 0 atom stereocenters. The largest absolute Gasteiger partial charge is 0.272 e. The third kappa shape index (κ3) is 1.69. The highest BCUT2D eigenvalue weighted by Crippen LogP contribution is 2.17. The predicted octanol–water partition coefficient (Wildman–Crippen LogP) is 2.32. The van der Waals surface area contributed by atoms with Crippen LogP contribution in [0.2, 0.25) is 0 Å². The summed E-state index contributed by atoms with van der Waals surface area (Å²) in [5.74, 6) is 0. The van der Waals surface area contributed by atoms with Crippen LogP contribution < -0.4 is 0 Å².